The molecule has 5 rings (SSSR count). The highest BCUT2D eigenvalue weighted by atomic mass is 32.2. The van der Waals surface area contributed by atoms with E-state index in [0.717, 1.165) is 0 Å². The van der Waals surface area contributed by atoms with Gasteiger partial charge in [0.15, 0.2) is 5.54 Å². The molecule has 2 saturated heterocycles. The van der Waals surface area contributed by atoms with E-state index < -0.39 is 22.0 Å². The minimum Gasteiger partial charge on any atom is -0.469 e. The lowest BCUT2D eigenvalue weighted by Gasteiger charge is -2.41. The summed E-state index contributed by atoms with van der Waals surface area (Å²) in [7, 11) is 3.45. The number of halogens is 1. The number of hydrogen-bond acceptors (Lipinski definition) is 6. The highest BCUT2D eigenvalue weighted by Crippen LogP contribution is 2.66. The number of carbonyl (C=O) groups is 2. The summed E-state index contributed by atoms with van der Waals surface area (Å²) >= 11 is 6.80. The Morgan fingerprint density at radius 1 is 1.32 bits per heavy atom. The van der Waals surface area contributed by atoms with E-state index in [9.17, 15) is 14.0 Å². The molecule has 4 heterocycles. The van der Waals surface area contributed by atoms with Crippen molar-refractivity contribution in [1.29, 1.82) is 0 Å². The lowest BCUT2D eigenvalue weighted by Crippen LogP contribution is -2.62. The third-order valence-corrected chi connectivity index (χ3v) is 8.55. The van der Waals surface area contributed by atoms with Crippen LogP contribution in [-0.2, 0) is 15.1 Å². The largest absolute Gasteiger partial charge is 0.469 e. The molecule has 2 amide bonds. The van der Waals surface area contributed by atoms with Crippen molar-refractivity contribution in [3.63, 3.8) is 0 Å². The van der Waals surface area contributed by atoms with Crippen molar-refractivity contribution in [2.24, 2.45) is 0 Å². The van der Waals surface area contributed by atoms with E-state index in [1.165, 1.54) is 33.7 Å². The lowest BCUT2D eigenvalue weighted by atomic mass is 9.73. The van der Waals surface area contributed by atoms with Crippen molar-refractivity contribution < 1.29 is 18.4 Å². The number of carbonyl (C=O) groups excluding carboxylic acids is 2. The van der Waals surface area contributed by atoms with Crippen molar-refractivity contribution >= 4 is 45.8 Å². The minimum atomic E-state index is -1.43. The van der Waals surface area contributed by atoms with E-state index >= 15 is 0 Å². The molecule has 2 aromatic rings. The second kappa shape index (κ2) is 6.75. The van der Waals surface area contributed by atoms with Crippen molar-refractivity contribution in [1.82, 2.24) is 9.80 Å². The molecule has 3 aliphatic rings. The lowest BCUT2D eigenvalue weighted by molar-refractivity contribution is -0.138. The quantitative estimate of drug-likeness (QED) is 0.522. The Morgan fingerprint density at radius 3 is 2.77 bits per heavy atom. The van der Waals surface area contributed by atoms with Crippen LogP contribution in [0.25, 0.3) is 0 Å². The normalized spacial score (nSPS) is 30.3. The Morgan fingerprint density at radius 2 is 2.10 bits per heavy atom. The molecule has 6 nitrogen and oxygen atoms in total. The van der Waals surface area contributed by atoms with Crippen molar-refractivity contribution in [2.75, 3.05) is 32.1 Å². The van der Waals surface area contributed by atoms with Crippen molar-refractivity contribution in [3.05, 3.63) is 66.4 Å². The van der Waals surface area contributed by atoms with Crippen LogP contribution in [0.1, 0.15) is 17.2 Å². The second-order valence-corrected chi connectivity index (χ2v) is 9.87. The summed E-state index contributed by atoms with van der Waals surface area (Å²) in [6.45, 7) is 4.34. The summed E-state index contributed by atoms with van der Waals surface area (Å²) < 4.78 is 19.3. The number of thioether (sulfide) groups is 1. The van der Waals surface area contributed by atoms with E-state index in [0.29, 0.717) is 27.9 Å². The molecule has 0 radical (unpaired) electrons. The predicted molar refractivity (Wildman–Crippen MR) is 120 cm³/mol. The van der Waals surface area contributed by atoms with Gasteiger partial charge in [-0.15, -0.1) is 6.58 Å². The summed E-state index contributed by atoms with van der Waals surface area (Å²) in [5.74, 6) is -0.912. The Kier molecular flexibility index (Phi) is 4.45. The van der Waals surface area contributed by atoms with Gasteiger partial charge < -0.3 is 9.32 Å². The Balaban J connectivity index is 1.85. The van der Waals surface area contributed by atoms with Crippen LogP contribution < -0.4 is 4.90 Å². The maximum Gasteiger partial charge on any atom is 0.254 e. The van der Waals surface area contributed by atoms with Crippen LogP contribution in [0.5, 0.6) is 0 Å². The number of benzene rings is 1. The number of fused-ring (bicyclic) bond motifs is 3. The third kappa shape index (κ3) is 2.29. The zero-order valence-corrected chi connectivity index (χ0v) is 18.6. The summed E-state index contributed by atoms with van der Waals surface area (Å²) in [6, 6.07) is 7.84. The topological polar surface area (TPSA) is 57.0 Å². The SMILES string of the molecule is C=CCN1C(=O)[C@@]2(SC1=S)C(c1ccco1)CN(C)[C@]21C(=O)N(C)c2ccc(F)cc21. The molecular formula is C22H20FN3O3S2. The van der Waals surface area contributed by atoms with Crippen molar-refractivity contribution in [2.45, 2.75) is 16.2 Å². The molecule has 0 bridgehead atoms. The molecule has 9 heteroatoms. The van der Waals surface area contributed by atoms with Crippen LogP contribution >= 0.6 is 24.0 Å². The highest BCUT2D eigenvalue weighted by Gasteiger charge is 2.79. The first-order valence-corrected chi connectivity index (χ1v) is 11.0. The number of likely N-dealkylation sites (tertiary alicyclic amines) is 1. The van der Waals surface area contributed by atoms with E-state index in [1.807, 2.05) is 11.0 Å². The number of anilines is 1. The molecule has 0 saturated carbocycles. The molecule has 0 aliphatic carbocycles. The minimum absolute atomic E-state index is 0.233. The zero-order chi connectivity index (χ0) is 22.1. The standard InChI is InChI=1S/C22H20FN3O3S2/c1-4-9-26-19(28)22(31-20(26)30)15(17-6-5-10-29-17)12-24(2)21(22)14-11-13(23)7-8-16(14)25(3)18(21)27/h4-8,10-11,15H,1,9,12H2,2-3H3/t15?,21-,22+/m1/s1. The summed E-state index contributed by atoms with van der Waals surface area (Å²) in [5.41, 5.74) is -0.377. The first kappa shape index (κ1) is 20.4. The van der Waals surface area contributed by atoms with Crippen LogP contribution in [0.2, 0.25) is 0 Å². The van der Waals surface area contributed by atoms with Gasteiger partial charge in [0.25, 0.3) is 5.91 Å². The average Bonchev–Trinajstić information content (AvgIpc) is 3.45. The first-order chi connectivity index (χ1) is 14.8. The molecule has 1 aromatic heterocycles. The molecule has 2 spiro atoms. The van der Waals surface area contributed by atoms with Gasteiger partial charge in [-0.3, -0.25) is 19.4 Å². The van der Waals surface area contributed by atoms with Gasteiger partial charge in [0.2, 0.25) is 5.91 Å². The second-order valence-electron chi connectivity index (χ2n) is 7.99. The van der Waals surface area contributed by atoms with Gasteiger partial charge in [0, 0.05) is 31.4 Å². The summed E-state index contributed by atoms with van der Waals surface area (Å²) in [6.07, 6.45) is 3.15. The first-order valence-electron chi connectivity index (χ1n) is 9.79. The Bertz CT molecular complexity index is 1140. The predicted octanol–water partition coefficient (Wildman–Crippen LogP) is 3.10. The maximum absolute atomic E-state index is 14.5. The Hall–Kier alpha value is -2.49. The van der Waals surface area contributed by atoms with Crippen LogP contribution in [0.4, 0.5) is 10.1 Å². The van der Waals surface area contributed by atoms with E-state index in [-0.39, 0.29) is 18.4 Å². The zero-order valence-electron chi connectivity index (χ0n) is 17.0. The molecule has 1 aromatic carbocycles. The molecule has 0 N–H and O–H groups in total. The van der Waals surface area contributed by atoms with E-state index in [2.05, 4.69) is 6.58 Å². The number of hydrogen-bond donors (Lipinski definition) is 0. The van der Waals surface area contributed by atoms with Gasteiger partial charge in [0.05, 0.1) is 12.2 Å². The highest BCUT2D eigenvalue weighted by molar-refractivity contribution is 8.25. The van der Waals surface area contributed by atoms with Crippen LogP contribution in [0, 0.1) is 5.82 Å². The van der Waals surface area contributed by atoms with Crippen LogP contribution in [0.3, 0.4) is 0 Å². The van der Waals surface area contributed by atoms with Crippen molar-refractivity contribution in [3.8, 4) is 0 Å². The average molecular weight is 458 g/mol. The molecule has 2 fully saturated rings. The van der Waals surface area contributed by atoms with E-state index in [1.54, 1.807) is 38.6 Å². The van der Waals surface area contributed by atoms with Gasteiger partial charge in [-0.25, -0.2) is 4.39 Å². The number of likely N-dealkylation sites (N-methyl/N-ethyl adjacent to an activating group) is 2. The monoisotopic (exact) mass is 457 g/mol. The van der Waals surface area contributed by atoms with Gasteiger partial charge in [0.1, 0.15) is 20.6 Å². The smallest absolute Gasteiger partial charge is 0.254 e. The molecule has 1 unspecified atom stereocenters. The van der Waals surface area contributed by atoms with Gasteiger partial charge >= 0.3 is 0 Å². The molecule has 31 heavy (non-hydrogen) atoms. The fourth-order valence-electron chi connectivity index (χ4n) is 5.40. The fourth-order valence-corrected chi connectivity index (χ4v) is 7.52. The molecule has 3 atom stereocenters. The van der Waals surface area contributed by atoms with Gasteiger partial charge in [-0.1, -0.05) is 30.1 Å². The number of thiocarbonyl (C=S) groups is 1. The Labute approximate surface area is 188 Å². The molecule has 3 aliphatic heterocycles. The number of amides is 2. The van der Waals surface area contributed by atoms with Crippen LogP contribution in [-0.4, -0.2) is 57.9 Å². The van der Waals surface area contributed by atoms with Gasteiger partial charge in [-0.05, 0) is 37.4 Å². The maximum atomic E-state index is 14.5. The summed E-state index contributed by atoms with van der Waals surface area (Å²) in [5, 5.41) is 0. The number of furan rings is 1. The number of nitrogens with zero attached hydrogens (tertiary/aromatic N) is 3. The molecule has 160 valence electrons. The molecular weight excluding hydrogens is 437 g/mol. The summed E-state index contributed by atoms with van der Waals surface area (Å²) in [4.78, 5) is 33.0. The number of rotatable bonds is 3. The van der Waals surface area contributed by atoms with Crippen LogP contribution in [0.15, 0.2) is 53.7 Å². The van der Waals surface area contributed by atoms with Gasteiger partial charge in [-0.2, -0.15) is 0 Å². The third-order valence-electron chi connectivity index (χ3n) is 6.61. The fraction of sp³-hybridized carbons (Fsp3) is 0.318. The van der Waals surface area contributed by atoms with E-state index in [4.69, 9.17) is 16.6 Å².